The van der Waals surface area contributed by atoms with Crippen molar-refractivity contribution in [3.05, 3.63) is 57.0 Å². The lowest BCUT2D eigenvalue weighted by atomic mass is 10.0. The Balaban J connectivity index is 1.80. The summed E-state index contributed by atoms with van der Waals surface area (Å²) in [6.45, 7) is 7.66. The number of amides is 1. The summed E-state index contributed by atoms with van der Waals surface area (Å²) in [6, 6.07) is 7.64. The van der Waals surface area contributed by atoms with Crippen molar-refractivity contribution in [1.29, 1.82) is 0 Å². The Hall–Kier alpha value is -2.67. The van der Waals surface area contributed by atoms with Crippen molar-refractivity contribution in [1.82, 2.24) is 9.38 Å². The highest BCUT2D eigenvalue weighted by Gasteiger charge is 2.16. The summed E-state index contributed by atoms with van der Waals surface area (Å²) in [5.41, 5.74) is 2.36. The van der Waals surface area contributed by atoms with Crippen LogP contribution in [0, 0.1) is 6.92 Å². The van der Waals surface area contributed by atoms with E-state index in [0.717, 1.165) is 11.3 Å². The number of anilines is 1. The molecule has 0 saturated carbocycles. The minimum Gasteiger partial charge on any atom is -0.483 e. The second-order valence-corrected chi connectivity index (χ2v) is 7.44. The molecule has 1 amide bonds. The van der Waals surface area contributed by atoms with E-state index in [2.05, 4.69) is 24.1 Å². The molecule has 2 aromatic heterocycles. The fourth-order valence-corrected chi connectivity index (χ4v) is 3.91. The van der Waals surface area contributed by atoms with Crippen LogP contribution in [-0.2, 0) is 11.2 Å². The molecule has 0 aliphatic heterocycles. The summed E-state index contributed by atoms with van der Waals surface area (Å²) in [6.07, 6.45) is 0.715. The lowest BCUT2D eigenvalue weighted by molar-refractivity contribution is -0.118. The van der Waals surface area contributed by atoms with Crippen LogP contribution < -0.4 is 15.6 Å². The Kier molecular flexibility index (Phi) is 5.60. The summed E-state index contributed by atoms with van der Waals surface area (Å²) < 4.78 is 7.25. The number of thiazole rings is 1. The third-order valence-corrected chi connectivity index (χ3v) is 5.22. The number of benzene rings is 1. The molecular formula is C20H23N3O3S. The van der Waals surface area contributed by atoms with Crippen LogP contribution in [0.1, 0.15) is 43.6 Å². The van der Waals surface area contributed by atoms with Crippen molar-refractivity contribution in [2.24, 2.45) is 0 Å². The van der Waals surface area contributed by atoms with Gasteiger partial charge in [0.05, 0.1) is 5.69 Å². The molecule has 0 atom stereocenters. The standard InChI is InChI=1S/C20H23N3O3S/c1-5-14-11-27-20-21-13(4)18(19(25)23(14)20)22-17(24)10-26-16-9-7-6-8-15(16)12(2)3/h6-9,11-12H,5,10H2,1-4H3,(H,22,24). The van der Waals surface area contributed by atoms with Crippen molar-refractivity contribution < 1.29 is 9.53 Å². The first-order valence-electron chi connectivity index (χ1n) is 8.93. The normalized spacial score (nSPS) is 11.1. The van der Waals surface area contributed by atoms with E-state index in [1.807, 2.05) is 36.6 Å². The first kappa shape index (κ1) is 19.1. The van der Waals surface area contributed by atoms with Gasteiger partial charge in [0.15, 0.2) is 11.6 Å². The first-order chi connectivity index (χ1) is 12.9. The molecule has 0 fully saturated rings. The van der Waals surface area contributed by atoms with Gasteiger partial charge >= 0.3 is 0 Å². The highest BCUT2D eigenvalue weighted by Crippen LogP contribution is 2.25. The van der Waals surface area contributed by atoms with E-state index in [-0.39, 0.29) is 29.7 Å². The van der Waals surface area contributed by atoms with Crippen molar-refractivity contribution in [3.8, 4) is 5.75 Å². The molecule has 27 heavy (non-hydrogen) atoms. The zero-order valence-electron chi connectivity index (χ0n) is 15.9. The molecule has 0 unspecified atom stereocenters. The molecule has 142 valence electrons. The summed E-state index contributed by atoms with van der Waals surface area (Å²) in [5.74, 6) is 0.577. The number of carbonyl (C=O) groups excluding carboxylic acids is 1. The number of nitrogens with zero attached hydrogens (tertiary/aromatic N) is 2. The minimum absolute atomic E-state index is 0.171. The van der Waals surface area contributed by atoms with Crippen molar-refractivity contribution in [2.75, 3.05) is 11.9 Å². The molecule has 0 aliphatic carbocycles. The monoisotopic (exact) mass is 385 g/mol. The lowest BCUT2D eigenvalue weighted by Crippen LogP contribution is -2.28. The topological polar surface area (TPSA) is 72.7 Å². The molecule has 0 aliphatic rings. The Morgan fingerprint density at radius 3 is 2.78 bits per heavy atom. The van der Waals surface area contributed by atoms with Crippen molar-refractivity contribution in [2.45, 2.75) is 40.0 Å². The molecule has 2 heterocycles. The van der Waals surface area contributed by atoms with Gasteiger partial charge in [-0.1, -0.05) is 39.0 Å². The van der Waals surface area contributed by atoms with Crippen LogP contribution in [0.25, 0.3) is 4.96 Å². The number of para-hydroxylation sites is 1. The Morgan fingerprint density at radius 1 is 1.33 bits per heavy atom. The maximum atomic E-state index is 12.8. The molecule has 0 bridgehead atoms. The fraction of sp³-hybridized carbons (Fsp3) is 0.350. The number of aromatic nitrogens is 2. The smallest absolute Gasteiger partial charge is 0.282 e. The first-order valence-corrected chi connectivity index (χ1v) is 9.81. The van der Waals surface area contributed by atoms with Gasteiger partial charge in [-0.2, -0.15) is 0 Å². The molecule has 6 nitrogen and oxygen atoms in total. The van der Waals surface area contributed by atoms with E-state index in [9.17, 15) is 9.59 Å². The van der Waals surface area contributed by atoms with Gasteiger partial charge < -0.3 is 10.1 Å². The van der Waals surface area contributed by atoms with E-state index in [1.165, 1.54) is 11.3 Å². The van der Waals surface area contributed by atoms with Gasteiger partial charge in [-0.25, -0.2) is 4.98 Å². The van der Waals surface area contributed by atoms with Crippen molar-refractivity contribution >= 4 is 27.9 Å². The molecule has 0 spiro atoms. The third-order valence-electron chi connectivity index (χ3n) is 4.35. The molecule has 1 N–H and O–H groups in total. The molecular weight excluding hydrogens is 362 g/mol. The molecule has 0 radical (unpaired) electrons. The van der Waals surface area contributed by atoms with Crippen LogP contribution >= 0.6 is 11.3 Å². The molecule has 0 saturated heterocycles. The van der Waals surface area contributed by atoms with Gasteiger partial charge in [-0.15, -0.1) is 11.3 Å². The minimum atomic E-state index is -0.385. The Morgan fingerprint density at radius 2 is 2.07 bits per heavy atom. The van der Waals surface area contributed by atoms with Gasteiger partial charge in [0, 0.05) is 11.1 Å². The number of aryl methyl sites for hydroxylation is 2. The highest BCUT2D eigenvalue weighted by atomic mass is 32.1. The average Bonchev–Trinajstić information content (AvgIpc) is 3.06. The predicted molar refractivity (Wildman–Crippen MR) is 108 cm³/mol. The quantitative estimate of drug-likeness (QED) is 0.701. The summed E-state index contributed by atoms with van der Waals surface area (Å²) in [4.78, 5) is 30.3. The Bertz CT molecular complexity index is 1040. The SMILES string of the molecule is CCc1csc2nc(C)c(NC(=O)COc3ccccc3C(C)C)c(=O)n12. The fourth-order valence-electron chi connectivity index (χ4n) is 2.90. The van der Waals surface area contributed by atoms with E-state index in [0.29, 0.717) is 22.8 Å². The third kappa shape index (κ3) is 3.88. The van der Waals surface area contributed by atoms with E-state index < -0.39 is 0 Å². The molecule has 7 heteroatoms. The summed E-state index contributed by atoms with van der Waals surface area (Å²) in [5, 5.41) is 4.59. The van der Waals surface area contributed by atoms with Gasteiger partial charge in [-0.05, 0) is 30.9 Å². The van der Waals surface area contributed by atoms with Gasteiger partial charge in [-0.3, -0.25) is 14.0 Å². The number of hydrogen-bond acceptors (Lipinski definition) is 5. The molecule has 3 rings (SSSR count). The largest absolute Gasteiger partial charge is 0.483 e. The summed E-state index contributed by atoms with van der Waals surface area (Å²) in [7, 11) is 0. The lowest BCUT2D eigenvalue weighted by Gasteiger charge is -2.14. The Labute approximate surface area is 161 Å². The zero-order valence-corrected chi connectivity index (χ0v) is 16.7. The number of rotatable bonds is 6. The maximum absolute atomic E-state index is 12.8. The van der Waals surface area contributed by atoms with E-state index in [4.69, 9.17) is 4.74 Å². The van der Waals surface area contributed by atoms with E-state index >= 15 is 0 Å². The zero-order chi connectivity index (χ0) is 19.6. The van der Waals surface area contributed by atoms with Crippen LogP contribution in [0.2, 0.25) is 0 Å². The van der Waals surface area contributed by atoms with Crippen LogP contribution in [0.5, 0.6) is 5.75 Å². The van der Waals surface area contributed by atoms with E-state index in [1.54, 1.807) is 11.3 Å². The van der Waals surface area contributed by atoms with Crippen LogP contribution in [0.4, 0.5) is 5.69 Å². The number of nitrogens with one attached hydrogen (secondary N) is 1. The van der Waals surface area contributed by atoms with Gasteiger partial charge in [0.2, 0.25) is 0 Å². The average molecular weight is 385 g/mol. The highest BCUT2D eigenvalue weighted by molar-refractivity contribution is 7.15. The van der Waals surface area contributed by atoms with Gasteiger partial charge in [0.1, 0.15) is 11.4 Å². The predicted octanol–water partition coefficient (Wildman–Crippen LogP) is 3.77. The number of ether oxygens (including phenoxy) is 1. The summed E-state index contributed by atoms with van der Waals surface area (Å²) >= 11 is 1.42. The number of fused-ring (bicyclic) bond motifs is 1. The molecule has 1 aromatic carbocycles. The van der Waals surface area contributed by atoms with Crippen LogP contribution in [-0.4, -0.2) is 21.9 Å². The van der Waals surface area contributed by atoms with Crippen LogP contribution in [0.3, 0.4) is 0 Å². The van der Waals surface area contributed by atoms with Crippen molar-refractivity contribution in [3.63, 3.8) is 0 Å². The number of hydrogen-bond donors (Lipinski definition) is 1. The second-order valence-electron chi connectivity index (χ2n) is 6.61. The van der Waals surface area contributed by atoms with Gasteiger partial charge in [0.25, 0.3) is 11.5 Å². The second kappa shape index (κ2) is 7.92. The maximum Gasteiger partial charge on any atom is 0.282 e. The van der Waals surface area contributed by atoms with Crippen LogP contribution in [0.15, 0.2) is 34.4 Å². The molecule has 3 aromatic rings. The number of carbonyl (C=O) groups is 1.